The molecule has 1 heterocycles. The Morgan fingerprint density at radius 3 is 2.44 bits per heavy atom. The molecule has 1 aliphatic heterocycles. The molecule has 0 aromatic heterocycles. The molecule has 236 valence electrons. The van der Waals surface area contributed by atoms with Crippen molar-refractivity contribution in [3.05, 3.63) is 95.5 Å². The van der Waals surface area contributed by atoms with Crippen LogP contribution >= 0.6 is 11.6 Å². The number of likely N-dealkylation sites (N-methyl/N-ethyl adjacent to an activating group) is 1. The number of carbonyl (C=O) groups is 2. The first-order valence-corrected chi connectivity index (χ1v) is 16.3. The Morgan fingerprint density at radius 2 is 1.71 bits per heavy atom. The summed E-state index contributed by atoms with van der Waals surface area (Å²) in [6.45, 7) is 3.71. The van der Waals surface area contributed by atoms with Gasteiger partial charge in [-0.15, -0.1) is 0 Å². The topological polar surface area (TPSA) is 128 Å². The maximum atomic E-state index is 13.8. The van der Waals surface area contributed by atoms with Gasteiger partial charge in [-0.1, -0.05) is 61.0 Å². The zero-order valence-corrected chi connectivity index (χ0v) is 26.7. The number of hydrogen-bond donors (Lipinski definition) is 3. The number of ether oxygens (including phenoxy) is 1. The lowest BCUT2D eigenvalue weighted by molar-refractivity contribution is 0.0373. The summed E-state index contributed by atoms with van der Waals surface area (Å²) in [5.41, 5.74) is 0.857. The molecule has 0 spiro atoms. The lowest BCUT2D eigenvalue weighted by atomic mass is 9.99. The van der Waals surface area contributed by atoms with E-state index >= 15 is 0 Å². The molecule has 3 amide bonds. The minimum absolute atomic E-state index is 0.0213. The first-order valence-electron chi connectivity index (χ1n) is 14.5. The van der Waals surface area contributed by atoms with Crippen LogP contribution in [0.25, 0.3) is 10.8 Å². The van der Waals surface area contributed by atoms with Crippen molar-refractivity contribution in [3.8, 4) is 5.75 Å². The van der Waals surface area contributed by atoms with E-state index in [2.05, 4.69) is 10.0 Å². The van der Waals surface area contributed by atoms with Gasteiger partial charge in [0.1, 0.15) is 6.10 Å². The second-order valence-electron chi connectivity index (χ2n) is 11.2. The maximum absolute atomic E-state index is 13.8. The van der Waals surface area contributed by atoms with Gasteiger partial charge in [-0.3, -0.25) is 9.52 Å². The number of urea groups is 1. The second-order valence-corrected chi connectivity index (χ2v) is 13.3. The third kappa shape index (κ3) is 7.00. The molecule has 0 unspecified atom stereocenters. The fourth-order valence-electron chi connectivity index (χ4n) is 5.26. The van der Waals surface area contributed by atoms with Crippen LogP contribution < -0.4 is 14.8 Å². The number of para-hydroxylation sites is 1. The molecule has 3 atom stereocenters. The summed E-state index contributed by atoms with van der Waals surface area (Å²) in [5, 5.41) is 15.2. The van der Waals surface area contributed by atoms with E-state index in [9.17, 15) is 23.1 Å². The molecule has 0 saturated heterocycles. The Morgan fingerprint density at radius 1 is 1.04 bits per heavy atom. The molecule has 4 aromatic rings. The van der Waals surface area contributed by atoms with Crippen molar-refractivity contribution in [3.63, 3.8) is 0 Å². The lowest BCUT2D eigenvalue weighted by Crippen LogP contribution is -2.50. The van der Waals surface area contributed by atoms with E-state index in [-0.39, 0.29) is 53.5 Å². The quantitative estimate of drug-likeness (QED) is 0.225. The van der Waals surface area contributed by atoms with E-state index in [0.717, 1.165) is 10.8 Å². The predicted octanol–water partition coefficient (Wildman–Crippen LogP) is 5.68. The molecule has 3 N–H and O–H groups in total. The number of hydrogen-bond acceptors (Lipinski definition) is 6. The highest BCUT2D eigenvalue weighted by molar-refractivity contribution is 7.92. The van der Waals surface area contributed by atoms with Crippen LogP contribution in [0.1, 0.15) is 24.2 Å². The monoisotopic (exact) mass is 650 g/mol. The molecule has 12 heteroatoms. The molecule has 5 rings (SSSR count). The van der Waals surface area contributed by atoms with Gasteiger partial charge in [0.05, 0.1) is 41.0 Å². The summed E-state index contributed by atoms with van der Waals surface area (Å²) in [5.74, 6) is -0.689. The maximum Gasteiger partial charge on any atom is 0.321 e. The number of benzene rings is 4. The number of nitrogens with one attached hydrogen (secondary N) is 2. The number of anilines is 2. The van der Waals surface area contributed by atoms with Crippen LogP contribution in [-0.2, 0) is 10.0 Å². The molecule has 0 radical (unpaired) electrons. The van der Waals surface area contributed by atoms with Gasteiger partial charge in [-0.2, -0.15) is 0 Å². The van der Waals surface area contributed by atoms with E-state index < -0.39 is 28.1 Å². The Balaban J connectivity index is 1.47. The summed E-state index contributed by atoms with van der Waals surface area (Å²) in [6, 6.07) is 22.8. The van der Waals surface area contributed by atoms with Crippen LogP contribution in [0.4, 0.5) is 16.2 Å². The van der Waals surface area contributed by atoms with Gasteiger partial charge in [0.2, 0.25) is 0 Å². The van der Waals surface area contributed by atoms with Gasteiger partial charge in [0.25, 0.3) is 15.9 Å². The van der Waals surface area contributed by atoms with E-state index in [1.54, 1.807) is 31.0 Å². The average Bonchev–Trinajstić information content (AvgIpc) is 3.02. The molecule has 0 fully saturated rings. The fraction of sp³-hybridized carbons (Fsp3) is 0.273. The number of sulfonamides is 1. The molecule has 1 aliphatic rings. The van der Waals surface area contributed by atoms with Crippen molar-refractivity contribution in [2.45, 2.75) is 30.9 Å². The Labute approximate surface area is 267 Å². The SMILES string of the molecule is C[C@@H]1CN([C@H](C)CO)C(=O)c2cccc(NS(=O)(=O)c3ccc(Cl)cc3)c2O[C@H]1CN(C)C(=O)Nc1cccc2ccccc12. The lowest BCUT2D eigenvalue weighted by Gasteiger charge is -2.38. The third-order valence-corrected chi connectivity index (χ3v) is 9.52. The fourth-order valence-corrected chi connectivity index (χ4v) is 6.45. The van der Waals surface area contributed by atoms with Gasteiger partial charge in [0.15, 0.2) is 5.75 Å². The third-order valence-electron chi connectivity index (χ3n) is 7.89. The van der Waals surface area contributed by atoms with Crippen molar-refractivity contribution in [1.29, 1.82) is 0 Å². The number of rotatable bonds is 8. The van der Waals surface area contributed by atoms with Crippen LogP contribution in [-0.4, -0.2) is 74.2 Å². The van der Waals surface area contributed by atoms with E-state index in [0.29, 0.717) is 10.7 Å². The molecule has 0 aliphatic carbocycles. The van der Waals surface area contributed by atoms with Gasteiger partial charge in [-0.25, -0.2) is 13.2 Å². The standard InChI is InChI=1S/C33H35ClN4O6S/c1-21-18-38(22(2)20-39)32(40)27-11-7-13-29(36-45(42,43)25-16-14-24(34)15-17-25)31(27)44-30(21)19-37(3)33(41)35-28-12-6-9-23-8-4-5-10-26(23)28/h4-17,21-22,30,36,39H,18-20H2,1-3H3,(H,35,41)/t21-,22-,30+/m1/s1. The first kappa shape index (κ1) is 32.1. The van der Waals surface area contributed by atoms with Gasteiger partial charge in [0, 0.05) is 29.9 Å². The first-order chi connectivity index (χ1) is 21.5. The largest absolute Gasteiger partial charge is 0.485 e. The highest BCUT2D eigenvalue weighted by atomic mass is 35.5. The normalized spacial score (nSPS) is 17.4. The Kier molecular flexibility index (Phi) is 9.52. The smallest absolute Gasteiger partial charge is 0.321 e. The number of fused-ring (bicyclic) bond motifs is 2. The van der Waals surface area contributed by atoms with Crippen LogP contribution in [0.5, 0.6) is 5.75 Å². The van der Waals surface area contributed by atoms with Gasteiger partial charge < -0.3 is 25.0 Å². The zero-order chi connectivity index (χ0) is 32.3. The van der Waals surface area contributed by atoms with Crippen molar-refractivity contribution in [2.75, 3.05) is 36.8 Å². The Bertz CT molecular complexity index is 1810. The summed E-state index contributed by atoms with van der Waals surface area (Å²) < 4.78 is 35.7. The molecule has 0 saturated carbocycles. The molecule has 4 aromatic carbocycles. The number of aliphatic hydroxyl groups is 1. The summed E-state index contributed by atoms with van der Waals surface area (Å²) >= 11 is 5.95. The van der Waals surface area contributed by atoms with E-state index in [4.69, 9.17) is 16.3 Å². The zero-order valence-electron chi connectivity index (χ0n) is 25.1. The van der Waals surface area contributed by atoms with Gasteiger partial charge >= 0.3 is 6.03 Å². The number of nitrogens with zero attached hydrogens (tertiary/aromatic N) is 2. The van der Waals surface area contributed by atoms with Crippen LogP contribution in [0.15, 0.2) is 89.8 Å². The van der Waals surface area contributed by atoms with E-state index in [1.807, 2.05) is 49.4 Å². The van der Waals surface area contributed by atoms with E-state index in [1.165, 1.54) is 35.2 Å². The van der Waals surface area contributed by atoms with Crippen molar-refractivity contribution >= 4 is 55.7 Å². The van der Waals surface area contributed by atoms with Crippen molar-refractivity contribution in [1.82, 2.24) is 9.80 Å². The molecule has 10 nitrogen and oxygen atoms in total. The van der Waals surface area contributed by atoms with Crippen molar-refractivity contribution in [2.24, 2.45) is 5.92 Å². The summed E-state index contributed by atoms with van der Waals surface area (Å²) in [4.78, 5) is 30.2. The van der Waals surface area contributed by atoms with Crippen LogP contribution in [0, 0.1) is 5.92 Å². The average molecular weight is 651 g/mol. The Hall–Kier alpha value is -4.32. The second kappa shape index (κ2) is 13.4. The van der Waals surface area contributed by atoms with Crippen LogP contribution in [0.3, 0.4) is 0 Å². The highest BCUT2D eigenvalue weighted by Crippen LogP contribution is 2.36. The minimum atomic E-state index is -4.08. The predicted molar refractivity (Wildman–Crippen MR) is 175 cm³/mol. The minimum Gasteiger partial charge on any atom is -0.485 e. The number of carbonyl (C=O) groups excluding carboxylic acids is 2. The number of aliphatic hydroxyl groups excluding tert-OH is 1. The van der Waals surface area contributed by atoms with Gasteiger partial charge in [-0.05, 0) is 54.8 Å². The highest BCUT2D eigenvalue weighted by Gasteiger charge is 2.35. The molecular weight excluding hydrogens is 616 g/mol. The molecular formula is C33H35ClN4O6S. The summed E-state index contributed by atoms with van der Waals surface area (Å²) in [6.07, 6.45) is -0.658. The molecule has 45 heavy (non-hydrogen) atoms. The molecule has 0 bridgehead atoms. The number of amides is 3. The van der Waals surface area contributed by atoms with Crippen molar-refractivity contribution < 1.29 is 27.9 Å². The van der Waals surface area contributed by atoms with Crippen LogP contribution in [0.2, 0.25) is 5.02 Å². The summed E-state index contributed by atoms with van der Waals surface area (Å²) in [7, 11) is -2.44. The number of halogens is 1.